The molecular weight excluding hydrogens is 216 g/mol. The van der Waals surface area contributed by atoms with Crippen LogP contribution in [0.4, 0.5) is 0 Å². The van der Waals surface area contributed by atoms with E-state index in [1.54, 1.807) is 14.2 Å². The minimum Gasteiger partial charge on any atom is -0.496 e. The van der Waals surface area contributed by atoms with Crippen LogP contribution in [0.5, 0.6) is 11.5 Å². The van der Waals surface area contributed by atoms with Gasteiger partial charge >= 0.3 is 0 Å². The maximum atomic E-state index is 8.88. The predicted molar refractivity (Wildman–Crippen MR) is 68.9 cm³/mol. The van der Waals surface area contributed by atoms with Gasteiger partial charge in [-0.2, -0.15) is 0 Å². The molecule has 0 aliphatic carbocycles. The second-order valence-corrected chi connectivity index (χ2v) is 4.05. The molecule has 1 rings (SSSR count). The molecule has 1 aromatic carbocycles. The second kappa shape index (κ2) is 7.17. The summed E-state index contributed by atoms with van der Waals surface area (Å²) >= 11 is 0. The van der Waals surface area contributed by atoms with Crippen LogP contribution in [0.2, 0.25) is 0 Å². The molecule has 0 radical (unpaired) electrons. The van der Waals surface area contributed by atoms with Gasteiger partial charge in [0, 0.05) is 6.61 Å². The van der Waals surface area contributed by atoms with Crippen LogP contribution < -0.4 is 9.47 Å². The summed E-state index contributed by atoms with van der Waals surface area (Å²) in [5, 5.41) is 8.88. The Bertz CT molecular complexity index is 348. The molecular formula is C14H22O3. The highest BCUT2D eigenvalue weighted by Crippen LogP contribution is 2.30. The third kappa shape index (κ3) is 3.63. The first kappa shape index (κ1) is 13.8. The van der Waals surface area contributed by atoms with Crippen LogP contribution in [0.15, 0.2) is 12.1 Å². The molecule has 1 N–H and O–H groups in total. The first-order chi connectivity index (χ1) is 8.26. The molecule has 0 heterocycles. The fraction of sp³-hybridized carbons (Fsp3) is 0.571. The molecule has 0 unspecified atom stereocenters. The number of aryl methyl sites for hydroxylation is 2. The van der Waals surface area contributed by atoms with E-state index in [-0.39, 0.29) is 6.61 Å². The van der Waals surface area contributed by atoms with Crippen LogP contribution in [0.25, 0.3) is 0 Å². The highest BCUT2D eigenvalue weighted by Gasteiger charge is 2.10. The van der Waals surface area contributed by atoms with E-state index in [2.05, 4.69) is 13.0 Å². The number of aliphatic hydroxyl groups excluding tert-OH is 1. The van der Waals surface area contributed by atoms with Gasteiger partial charge in [0.2, 0.25) is 0 Å². The summed E-state index contributed by atoms with van der Waals surface area (Å²) in [5.41, 5.74) is 2.28. The Kier molecular flexibility index (Phi) is 5.84. The summed E-state index contributed by atoms with van der Waals surface area (Å²) in [5.74, 6) is 1.81. The molecule has 17 heavy (non-hydrogen) atoms. The van der Waals surface area contributed by atoms with Crippen LogP contribution in [0.1, 0.15) is 30.9 Å². The third-order valence-electron chi connectivity index (χ3n) is 2.81. The molecule has 96 valence electrons. The third-order valence-corrected chi connectivity index (χ3v) is 2.81. The maximum absolute atomic E-state index is 8.88. The van der Waals surface area contributed by atoms with E-state index >= 15 is 0 Å². The Hall–Kier alpha value is -1.22. The van der Waals surface area contributed by atoms with Gasteiger partial charge in [-0.25, -0.2) is 0 Å². The number of aliphatic hydroxyl groups is 1. The lowest BCUT2D eigenvalue weighted by atomic mass is 10.0. The average Bonchev–Trinajstić information content (AvgIpc) is 2.36. The molecule has 0 aliphatic heterocycles. The van der Waals surface area contributed by atoms with Gasteiger partial charge in [-0.1, -0.05) is 13.3 Å². The van der Waals surface area contributed by atoms with Gasteiger partial charge in [-0.15, -0.1) is 0 Å². The Balaban J connectivity index is 3.04. The van der Waals surface area contributed by atoms with Crippen molar-refractivity contribution in [3.05, 3.63) is 23.3 Å². The molecule has 0 saturated carbocycles. The second-order valence-electron chi connectivity index (χ2n) is 4.05. The van der Waals surface area contributed by atoms with Crippen molar-refractivity contribution in [3.8, 4) is 11.5 Å². The quantitative estimate of drug-likeness (QED) is 0.793. The zero-order valence-corrected chi connectivity index (χ0v) is 11.0. The SMILES string of the molecule is CCCc1cc(OC)c(CCCO)cc1OC. The van der Waals surface area contributed by atoms with E-state index in [9.17, 15) is 0 Å². The highest BCUT2D eigenvalue weighted by molar-refractivity contribution is 5.46. The normalized spacial score (nSPS) is 10.4. The van der Waals surface area contributed by atoms with Crippen LogP contribution in [0, 0.1) is 0 Å². The monoisotopic (exact) mass is 238 g/mol. The van der Waals surface area contributed by atoms with Crippen molar-refractivity contribution in [1.82, 2.24) is 0 Å². The molecule has 0 aromatic heterocycles. The highest BCUT2D eigenvalue weighted by atomic mass is 16.5. The van der Waals surface area contributed by atoms with Crippen molar-refractivity contribution in [1.29, 1.82) is 0 Å². The largest absolute Gasteiger partial charge is 0.496 e. The van der Waals surface area contributed by atoms with E-state index in [4.69, 9.17) is 14.6 Å². The Morgan fingerprint density at radius 2 is 1.53 bits per heavy atom. The van der Waals surface area contributed by atoms with Gasteiger partial charge in [0.05, 0.1) is 14.2 Å². The number of methoxy groups -OCH3 is 2. The Morgan fingerprint density at radius 1 is 1.00 bits per heavy atom. The van der Waals surface area contributed by atoms with E-state index in [1.165, 1.54) is 5.56 Å². The van der Waals surface area contributed by atoms with Crippen molar-refractivity contribution in [2.75, 3.05) is 20.8 Å². The topological polar surface area (TPSA) is 38.7 Å². The van der Waals surface area contributed by atoms with E-state index in [0.29, 0.717) is 0 Å². The summed E-state index contributed by atoms with van der Waals surface area (Å²) in [7, 11) is 3.37. The number of ether oxygens (including phenoxy) is 2. The number of benzene rings is 1. The standard InChI is InChI=1S/C14H22O3/c1-4-6-11-9-14(17-3)12(7-5-8-15)10-13(11)16-2/h9-10,15H,4-8H2,1-3H3. The summed E-state index contributed by atoms with van der Waals surface area (Å²) in [6, 6.07) is 4.08. The minimum absolute atomic E-state index is 0.197. The summed E-state index contributed by atoms with van der Waals surface area (Å²) in [6.07, 6.45) is 3.62. The van der Waals surface area contributed by atoms with Gasteiger partial charge in [0.25, 0.3) is 0 Å². The van der Waals surface area contributed by atoms with Crippen molar-refractivity contribution in [3.63, 3.8) is 0 Å². The van der Waals surface area contributed by atoms with Crippen molar-refractivity contribution in [2.45, 2.75) is 32.6 Å². The summed E-state index contributed by atoms with van der Waals surface area (Å²) in [4.78, 5) is 0. The van der Waals surface area contributed by atoms with E-state index in [0.717, 1.165) is 42.7 Å². The lowest BCUT2D eigenvalue weighted by molar-refractivity contribution is 0.287. The van der Waals surface area contributed by atoms with Crippen LogP contribution in [-0.2, 0) is 12.8 Å². The van der Waals surface area contributed by atoms with Gasteiger partial charge in [-0.05, 0) is 42.5 Å². The molecule has 3 nitrogen and oxygen atoms in total. The van der Waals surface area contributed by atoms with E-state index < -0.39 is 0 Å². The van der Waals surface area contributed by atoms with Crippen LogP contribution in [-0.4, -0.2) is 25.9 Å². The van der Waals surface area contributed by atoms with Crippen LogP contribution in [0.3, 0.4) is 0 Å². The van der Waals surface area contributed by atoms with Crippen LogP contribution >= 0.6 is 0 Å². The van der Waals surface area contributed by atoms with Crippen molar-refractivity contribution < 1.29 is 14.6 Å². The molecule has 1 aromatic rings. The number of rotatable bonds is 7. The fourth-order valence-electron chi connectivity index (χ4n) is 1.95. The smallest absolute Gasteiger partial charge is 0.122 e. The maximum Gasteiger partial charge on any atom is 0.122 e. The first-order valence-electron chi connectivity index (χ1n) is 6.11. The van der Waals surface area contributed by atoms with Gasteiger partial charge in [-0.3, -0.25) is 0 Å². The molecule has 0 spiro atoms. The zero-order valence-electron chi connectivity index (χ0n) is 11.0. The van der Waals surface area contributed by atoms with E-state index in [1.807, 2.05) is 6.07 Å². The fourth-order valence-corrected chi connectivity index (χ4v) is 1.95. The molecule has 0 fully saturated rings. The van der Waals surface area contributed by atoms with Crippen molar-refractivity contribution >= 4 is 0 Å². The minimum atomic E-state index is 0.197. The average molecular weight is 238 g/mol. The first-order valence-corrected chi connectivity index (χ1v) is 6.11. The van der Waals surface area contributed by atoms with Gasteiger partial charge < -0.3 is 14.6 Å². The molecule has 0 saturated heterocycles. The molecule has 3 heteroatoms. The lowest BCUT2D eigenvalue weighted by Crippen LogP contribution is -1.99. The summed E-state index contributed by atoms with van der Waals surface area (Å²) < 4.78 is 10.8. The molecule has 0 atom stereocenters. The van der Waals surface area contributed by atoms with Crippen molar-refractivity contribution in [2.24, 2.45) is 0 Å². The summed E-state index contributed by atoms with van der Waals surface area (Å²) in [6.45, 7) is 2.34. The number of hydrogen-bond acceptors (Lipinski definition) is 3. The number of hydrogen-bond donors (Lipinski definition) is 1. The predicted octanol–water partition coefficient (Wildman–Crippen LogP) is 2.58. The molecule has 0 amide bonds. The lowest BCUT2D eigenvalue weighted by Gasteiger charge is -2.14. The van der Waals surface area contributed by atoms with Gasteiger partial charge in [0.1, 0.15) is 11.5 Å². The molecule has 0 aliphatic rings. The Labute approximate surface area is 103 Å². The van der Waals surface area contributed by atoms with Gasteiger partial charge in [0.15, 0.2) is 0 Å². The Morgan fingerprint density at radius 3 is 1.94 bits per heavy atom. The zero-order chi connectivity index (χ0) is 12.7. The molecule has 0 bridgehead atoms.